The van der Waals surface area contributed by atoms with Gasteiger partial charge in [0, 0.05) is 38.1 Å². The Balaban J connectivity index is 1.76. The first kappa shape index (κ1) is 45.1. The Morgan fingerprint density at radius 1 is 0.982 bits per heavy atom. The molecular formula is C41H62N4O10. The highest BCUT2D eigenvalue weighted by Crippen LogP contribution is 2.32. The van der Waals surface area contributed by atoms with Crippen molar-refractivity contribution in [3.05, 3.63) is 29.8 Å². The van der Waals surface area contributed by atoms with Crippen LogP contribution >= 0.6 is 0 Å². The SMILES string of the molecule is CCCC(CC(=O)[C@@H]1C[C@@H](OC(C)(C)C)CN1C(=O)[C@@H](NC(=O)OCC(C)C)C1CCCCC1)C(=O)C(=O)CCC(=O)NC(C(N)=O)c1cccc(OC)c1. The van der Waals surface area contributed by atoms with Gasteiger partial charge in [0.15, 0.2) is 11.6 Å². The molecular weight excluding hydrogens is 708 g/mol. The van der Waals surface area contributed by atoms with Gasteiger partial charge < -0.3 is 35.5 Å². The number of alkyl carbamates (subject to hydrolysis) is 1. The van der Waals surface area contributed by atoms with E-state index in [9.17, 15) is 33.6 Å². The van der Waals surface area contributed by atoms with Gasteiger partial charge in [0.05, 0.1) is 31.5 Å². The van der Waals surface area contributed by atoms with Gasteiger partial charge in [0.2, 0.25) is 23.5 Å². The maximum atomic E-state index is 14.4. The molecule has 1 aliphatic carbocycles. The second-order valence-corrected chi connectivity index (χ2v) is 16.2. The standard InChI is InChI=1S/C41H62N4O10/c1-8-13-28(37(49)32(46)18-19-34(48)43-35(38(42)50)27-16-12-17-29(20-27)53-7)21-33(47)31-22-30(55-41(4,5)6)23-45(31)39(51)36(26-14-10-9-11-15-26)44-40(52)54-24-25(2)3/h12,16-17,20,25-26,28,30-31,35-36H,8-11,13-15,18-19,21-24H2,1-7H3,(H2,42,50)(H,43,48)(H,44,52)/t28?,30-,31+,35?,36+/m1/s1. The van der Waals surface area contributed by atoms with Crippen LogP contribution in [0.1, 0.15) is 124 Å². The first-order chi connectivity index (χ1) is 25.9. The molecule has 2 aliphatic rings. The fourth-order valence-electron chi connectivity index (χ4n) is 7.37. The van der Waals surface area contributed by atoms with Crippen LogP contribution < -0.4 is 21.1 Å². The number of amides is 4. The molecule has 0 radical (unpaired) electrons. The number of nitrogens with two attached hydrogens (primary N) is 1. The molecule has 3 rings (SSSR count). The zero-order valence-electron chi connectivity index (χ0n) is 33.7. The molecule has 1 aromatic carbocycles. The van der Waals surface area contributed by atoms with Crippen molar-refractivity contribution >= 4 is 41.2 Å². The summed E-state index contributed by atoms with van der Waals surface area (Å²) in [5, 5.41) is 5.35. The van der Waals surface area contributed by atoms with Crippen LogP contribution in [0.25, 0.3) is 0 Å². The van der Waals surface area contributed by atoms with Gasteiger partial charge in [-0.1, -0.05) is 58.6 Å². The van der Waals surface area contributed by atoms with E-state index in [1.807, 2.05) is 41.5 Å². The summed E-state index contributed by atoms with van der Waals surface area (Å²) < 4.78 is 16.8. The van der Waals surface area contributed by atoms with Crippen LogP contribution in [0.4, 0.5) is 4.79 Å². The Morgan fingerprint density at radius 2 is 1.67 bits per heavy atom. The van der Waals surface area contributed by atoms with Gasteiger partial charge >= 0.3 is 6.09 Å². The number of carbonyl (C=O) groups excluding carboxylic acids is 7. The van der Waals surface area contributed by atoms with Crippen LogP contribution in [0.3, 0.4) is 0 Å². The summed E-state index contributed by atoms with van der Waals surface area (Å²) >= 11 is 0. The average molecular weight is 771 g/mol. The maximum Gasteiger partial charge on any atom is 0.407 e. The number of nitrogens with one attached hydrogen (secondary N) is 2. The Morgan fingerprint density at radius 3 is 2.27 bits per heavy atom. The topological polar surface area (TPSA) is 200 Å². The van der Waals surface area contributed by atoms with Gasteiger partial charge in [-0.25, -0.2) is 4.79 Å². The number of hydrogen-bond acceptors (Lipinski definition) is 10. The lowest BCUT2D eigenvalue weighted by atomic mass is 9.83. The smallest absolute Gasteiger partial charge is 0.407 e. The van der Waals surface area contributed by atoms with E-state index in [-0.39, 0.29) is 56.5 Å². The van der Waals surface area contributed by atoms with E-state index >= 15 is 0 Å². The minimum atomic E-state index is -1.18. The molecule has 1 heterocycles. The second kappa shape index (κ2) is 21.1. The number of ketones is 3. The summed E-state index contributed by atoms with van der Waals surface area (Å²) in [6.07, 6.45) is 3.06. The number of Topliss-reactive ketones (excluding diaryl/α,β-unsaturated/α-hetero) is 3. The molecule has 4 N–H and O–H groups in total. The zero-order valence-corrected chi connectivity index (χ0v) is 33.7. The first-order valence-corrected chi connectivity index (χ1v) is 19.7. The largest absolute Gasteiger partial charge is 0.497 e. The highest BCUT2D eigenvalue weighted by molar-refractivity contribution is 6.38. The van der Waals surface area contributed by atoms with Crippen molar-refractivity contribution in [3.63, 3.8) is 0 Å². The Kier molecular flexibility index (Phi) is 17.3. The van der Waals surface area contributed by atoms with Crippen molar-refractivity contribution in [1.82, 2.24) is 15.5 Å². The van der Waals surface area contributed by atoms with Crippen molar-refractivity contribution in [3.8, 4) is 5.75 Å². The minimum Gasteiger partial charge on any atom is -0.497 e. The normalized spacial score (nSPS) is 19.2. The molecule has 1 aromatic rings. The summed E-state index contributed by atoms with van der Waals surface area (Å²) in [5.41, 5.74) is 5.37. The molecule has 306 valence electrons. The van der Waals surface area contributed by atoms with Crippen LogP contribution in [-0.4, -0.2) is 90.1 Å². The van der Waals surface area contributed by atoms with E-state index in [2.05, 4.69) is 10.6 Å². The van der Waals surface area contributed by atoms with Crippen molar-refractivity contribution < 1.29 is 47.8 Å². The van der Waals surface area contributed by atoms with Crippen molar-refractivity contribution in [2.75, 3.05) is 20.3 Å². The quantitative estimate of drug-likeness (QED) is 0.156. The maximum absolute atomic E-state index is 14.4. The molecule has 1 aliphatic heterocycles. The van der Waals surface area contributed by atoms with Gasteiger partial charge in [-0.15, -0.1) is 0 Å². The van der Waals surface area contributed by atoms with E-state index in [1.54, 1.807) is 24.3 Å². The molecule has 0 aromatic heterocycles. The molecule has 14 nitrogen and oxygen atoms in total. The van der Waals surface area contributed by atoms with Crippen LogP contribution in [0, 0.1) is 17.8 Å². The number of ether oxygens (including phenoxy) is 3. The van der Waals surface area contributed by atoms with Gasteiger partial charge in [-0.2, -0.15) is 0 Å². The number of carbonyl (C=O) groups is 7. The predicted octanol–water partition coefficient (Wildman–Crippen LogP) is 4.75. The fraction of sp³-hybridized carbons (Fsp3) is 0.683. The second-order valence-electron chi connectivity index (χ2n) is 16.2. The number of benzene rings is 1. The molecule has 0 spiro atoms. The van der Waals surface area contributed by atoms with Gasteiger partial charge in [-0.05, 0) is 69.6 Å². The number of likely N-dealkylation sites (tertiary alicyclic amines) is 1. The molecule has 1 saturated heterocycles. The number of nitrogens with zero attached hydrogens (tertiary/aromatic N) is 1. The number of rotatable bonds is 20. The highest BCUT2D eigenvalue weighted by Gasteiger charge is 2.46. The zero-order chi connectivity index (χ0) is 40.9. The molecule has 2 fully saturated rings. The molecule has 5 atom stereocenters. The van der Waals surface area contributed by atoms with Crippen molar-refractivity contribution in [1.29, 1.82) is 0 Å². The molecule has 14 heteroatoms. The van der Waals surface area contributed by atoms with E-state index < -0.39 is 77.6 Å². The van der Waals surface area contributed by atoms with E-state index in [4.69, 9.17) is 19.9 Å². The predicted molar refractivity (Wildman–Crippen MR) is 205 cm³/mol. The van der Waals surface area contributed by atoms with E-state index in [0.717, 1.165) is 32.1 Å². The van der Waals surface area contributed by atoms with E-state index in [1.165, 1.54) is 12.0 Å². The number of hydrogen-bond donors (Lipinski definition) is 3. The van der Waals surface area contributed by atoms with Crippen molar-refractivity contribution in [2.24, 2.45) is 23.5 Å². The summed E-state index contributed by atoms with van der Waals surface area (Å²) in [7, 11) is 1.46. The summed E-state index contributed by atoms with van der Waals surface area (Å²) in [6, 6.07) is 3.46. The average Bonchev–Trinajstić information content (AvgIpc) is 3.56. The summed E-state index contributed by atoms with van der Waals surface area (Å²) in [6.45, 7) is 11.7. The monoisotopic (exact) mass is 770 g/mol. The third-order valence-electron chi connectivity index (χ3n) is 9.97. The van der Waals surface area contributed by atoms with Crippen LogP contribution in [0.5, 0.6) is 5.75 Å². The van der Waals surface area contributed by atoms with Crippen molar-refractivity contribution in [2.45, 2.75) is 142 Å². The van der Waals surface area contributed by atoms with Crippen LogP contribution in [-0.2, 0) is 38.2 Å². The summed E-state index contributed by atoms with van der Waals surface area (Å²) in [5.74, 6) is -4.35. The molecule has 1 saturated carbocycles. The summed E-state index contributed by atoms with van der Waals surface area (Å²) in [4.78, 5) is 94.8. The molecule has 4 amide bonds. The third-order valence-corrected chi connectivity index (χ3v) is 9.97. The lowest BCUT2D eigenvalue weighted by Crippen LogP contribution is -2.55. The molecule has 0 bridgehead atoms. The Hall–Kier alpha value is -4.33. The first-order valence-electron chi connectivity index (χ1n) is 19.7. The number of primary amides is 1. The van der Waals surface area contributed by atoms with Gasteiger partial charge in [-0.3, -0.25) is 28.8 Å². The number of methoxy groups -OCH3 is 1. The van der Waals surface area contributed by atoms with Crippen LogP contribution in [0.15, 0.2) is 24.3 Å². The van der Waals surface area contributed by atoms with Crippen LogP contribution in [0.2, 0.25) is 0 Å². The lowest BCUT2D eigenvalue weighted by molar-refractivity contribution is -0.143. The lowest BCUT2D eigenvalue weighted by Gasteiger charge is -2.34. The molecule has 55 heavy (non-hydrogen) atoms. The Labute approximate surface area is 325 Å². The van der Waals surface area contributed by atoms with Gasteiger partial charge in [0.1, 0.15) is 17.8 Å². The Bertz CT molecular complexity index is 1520. The van der Waals surface area contributed by atoms with E-state index in [0.29, 0.717) is 17.7 Å². The minimum absolute atomic E-state index is 0.104. The highest BCUT2D eigenvalue weighted by atomic mass is 16.5. The fourth-order valence-corrected chi connectivity index (χ4v) is 7.37. The molecule has 2 unspecified atom stereocenters. The van der Waals surface area contributed by atoms with Gasteiger partial charge in [0.25, 0.3) is 0 Å². The third kappa shape index (κ3) is 14.0.